The van der Waals surface area contributed by atoms with Crippen LogP contribution in [0, 0.1) is 0 Å². The number of para-hydroxylation sites is 1. The lowest BCUT2D eigenvalue weighted by molar-refractivity contribution is 0.0922. The average Bonchev–Trinajstić information content (AvgIpc) is 2.54. The van der Waals surface area contributed by atoms with Crippen molar-refractivity contribution in [1.82, 2.24) is 5.32 Å². The fourth-order valence-electron chi connectivity index (χ4n) is 2.30. The van der Waals surface area contributed by atoms with E-state index >= 15 is 0 Å². The van der Waals surface area contributed by atoms with E-state index in [4.69, 9.17) is 9.52 Å². The minimum absolute atomic E-state index is 0.147. The van der Waals surface area contributed by atoms with Gasteiger partial charge in [0, 0.05) is 11.6 Å². The number of fused-ring (bicyclic) bond motifs is 2. The Morgan fingerprint density at radius 3 is 2.68 bits per heavy atom. The van der Waals surface area contributed by atoms with Crippen molar-refractivity contribution >= 4 is 27.8 Å². The summed E-state index contributed by atoms with van der Waals surface area (Å²) in [7, 11) is 0. The lowest BCUT2D eigenvalue weighted by atomic mass is 10.1. The van der Waals surface area contributed by atoms with Crippen LogP contribution in [0.2, 0.25) is 0 Å². The van der Waals surface area contributed by atoms with Crippen LogP contribution >= 0.6 is 0 Å². The molecule has 0 spiro atoms. The zero-order valence-electron chi connectivity index (χ0n) is 12.0. The molecule has 0 saturated heterocycles. The maximum Gasteiger partial charge on any atom is 0.251 e. The minimum Gasteiger partial charge on any atom is -0.456 e. The van der Waals surface area contributed by atoms with Gasteiger partial charge in [-0.1, -0.05) is 12.1 Å². The third kappa shape index (κ3) is 2.46. The molecule has 0 radical (unpaired) electrons. The Kier molecular flexibility index (Phi) is 3.65. The Balaban J connectivity index is 2.13. The molecule has 0 saturated carbocycles. The van der Waals surface area contributed by atoms with Gasteiger partial charge in [-0.2, -0.15) is 0 Å². The van der Waals surface area contributed by atoms with Gasteiger partial charge in [-0.3, -0.25) is 9.59 Å². The van der Waals surface area contributed by atoms with Crippen molar-refractivity contribution in [2.45, 2.75) is 13.0 Å². The SMILES string of the molecule is CC(CO)NC(=O)c1ccc2oc3ccccc3c(=O)c2c1. The van der Waals surface area contributed by atoms with Gasteiger partial charge in [0.05, 0.1) is 17.4 Å². The van der Waals surface area contributed by atoms with Crippen LogP contribution in [0.25, 0.3) is 21.9 Å². The number of benzene rings is 2. The predicted octanol–water partition coefficient (Wildman–Crippen LogP) is 2.06. The number of carbonyl (C=O) groups excluding carboxylic acids is 1. The molecule has 3 rings (SSSR count). The molecule has 1 aromatic heterocycles. The second kappa shape index (κ2) is 5.61. The Bertz CT molecular complexity index is 913. The van der Waals surface area contributed by atoms with Crippen LogP contribution < -0.4 is 10.7 Å². The van der Waals surface area contributed by atoms with Crippen LogP contribution in [0.4, 0.5) is 0 Å². The van der Waals surface area contributed by atoms with Crippen LogP contribution in [0.15, 0.2) is 51.7 Å². The van der Waals surface area contributed by atoms with Crippen molar-refractivity contribution in [3.63, 3.8) is 0 Å². The van der Waals surface area contributed by atoms with Crippen LogP contribution in [-0.4, -0.2) is 23.7 Å². The molecule has 3 aromatic rings. The maximum absolute atomic E-state index is 12.5. The molecule has 5 nitrogen and oxygen atoms in total. The van der Waals surface area contributed by atoms with Crippen molar-refractivity contribution in [2.24, 2.45) is 0 Å². The molecule has 0 aliphatic carbocycles. The zero-order chi connectivity index (χ0) is 15.7. The van der Waals surface area contributed by atoms with Gasteiger partial charge in [0.15, 0.2) is 0 Å². The van der Waals surface area contributed by atoms with Crippen molar-refractivity contribution in [3.8, 4) is 0 Å². The summed E-state index contributed by atoms with van der Waals surface area (Å²) in [4.78, 5) is 24.6. The Morgan fingerprint density at radius 1 is 1.18 bits per heavy atom. The highest BCUT2D eigenvalue weighted by atomic mass is 16.3. The lowest BCUT2D eigenvalue weighted by Gasteiger charge is -2.11. The first kappa shape index (κ1) is 14.3. The summed E-state index contributed by atoms with van der Waals surface area (Å²) >= 11 is 0. The van der Waals surface area contributed by atoms with E-state index in [2.05, 4.69) is 5.32 Å². The number of hydrogen-bond donors (Lipinski definition) is 2. The molecular formula is C17H15NO4. The first-order valence-electron chi connectivity index (χ1n) is 6.97. The molecular weight excluding hydrogens is 282 g/mol. The summed E-state index contributed by atoms with van der Waals surface area (Å²) in [6, 6.07) is 11.4. The number of aliphatic hydroxyl groups excluding tert-OH is 1. The maximum atomic E-state index is 12.5. The highest BCUT2D eigenvalue weighted by Gasteiger charge is 2.13. The van der Waals surface area contributed by atoms with Gasteiger partial charge in [0.25, 0.3) is 5.91 Å². The Hall–Kier alpha value is -2.66. The predicted molar refractivity (Wildman–Crippen MR) is 84.0 cm³/mol. The molecule has 1 atom stereocenters. The molecule has 0 fully saturated rings. The molecule has 1 amide bonds. The van der Waals surface area contributed by atoms with E-state index in [0.29, 0.717) is 27.5 Å². The normalized spacial score (nSPS) is 12.5. The molecule has 1 unspecified atom stereocenters. The van der Waals surface area contributed by atoms with Crippen LogP contribution in [0.1, 0.15) is 17.3 Å². The molecule has 0 aliphatic heterocycles. The van der Waals surface area contributed by atoms with Gasteiger partial charge in [-0.25, -0.2) is 0 Å². The van der Waals surface area contributed by atoms with Gasteiger partial charge >= 0.3 is 0 Å². The fourth-order valence-corrected chi connectivity index (χ4v) is 2.30. The zero-order valence-corrected chi connectivity index (χ0v) is 12.0. The van der Waals surface area contributed by atoms with E-state index in [9.17, 15) is 9.59 Å². The van der Waals surface area contributed by atoms with Crippen LogP contribution in [0.3, 0.4) is 0 Å². The minimum atomic E-state index is -0.351. The molecule has 112 valence electrons. The first-order valence-corrected chi connectivity index (χ1v) is 6.97. The second-order valence-corrected chi connectivity index (χ2v) is 5.20. The second-order valence-electron chi connectivity index (χ2n) is 5.20. The van der Waals surface area contributed by atoms with Crippen LogP contribution in [0.5, 0.6) is 0 Å². The number of rotatable bonds is 3. The van der Waals surface area contributed by atoms with E-state index in [-0.39, 0.29) is 24.0 Å². The largest absolute Gasteiger partial charge is 0.456 e. The van der Waals surface area contributed by atoms with Gasteiger partial charge in [-0.15, -0.1) is 0 Å². The quantitative estimate of drug-likeness (QED) is 0.725. The molecule has 5 heteroatoms. The molecule has 0 bridgehead atoms. The Morgan fingerprint density at radius 2 is 1.91 bits per heavy atom. The number of nitrogens with one attached hydrogen (secondary N) is 1. The fraction of sp³-hybridized carbons (Fsp3) is 0.176. The van der Waals surface area contributed by atoms with Crippen molar-refractivity contribution in [1.29, 1.82) is 0 Å². The topological polar surface area (TPSA) is 79.5 Å². The summed E-state index contributed by atoms with van der Waals surface area (Å²) in [5.74, 6) is -0.337. The summed E-state index contributed by atoms with van der Waals surface area (Å²) in [6.45, 7) is 1.55. The van der Waals surface area contributed by atoms with Crippen molar-refractivity contribution in [3.05, 3.63) is 58.3 Å². The molecule has 2 aromatic carbocycles. The number of carbonyl (C=O) groups is 1. The number of amides is 1. The summed E-state index contributed by atoms with van der Waals surface area (Å²) < 4.78 is 5.69. The van der Waals surface area contributed by atoms with E-state index in [1.807, 2.05) is 0 Å². The number of aliphatic hydroxyl groups is 1. The summed E-state index contributed by atoms with van der Waals surface area (Å²) in [5, 5.41) is 12.5. The summed E-state index contributed by atoms with van der Waals surface area (Å²) in [5.41, 5.74) is 1.15. The number of hydrogen-bond acceptors (Lipinski definition) is 4. The molecule has 2 N–H and O–H groups in total. The van der Waals surface area contributed by atoms with Gasteiger partial charge in [-0.05, 0) is 37.3 Å². The molecule has 22 heavy (non-hydrogen) atoms. The van der Waals surface area contributed by atoms with Gasteiger partial charge < -0.3 is 14.8 Å². The standard InChI is InChI=1S/C17H15NO4/c1-10(9-19)18-17(21)11-6-7-15-13(8-11)16(20)12-4-2-3-5-14(12)22-15/h2-8,10,19H,9H2,1H3,(H,18,21). The van der Waals surface area contributed by atoms with Gasteiger partial charge in [0.2, 0.25) is 5.43 Å². The van der Waals surface area contributed by atoms with E-state index in [1.54, 1.807) is 43.3 Å². The monoisotopic (exact) mass is 297 g/mol. The van der Waals surface area contributed by atoms with Gasteiger partial charge in [0.1, 0.15) is 11.2 Å². The van der Waals surface area contributed by atoms with E-state index < -0.39 is 0 Å². The van der Waals surface area contributed by atoms with Crippen molar-refractivity contribution < 1.29 is 14.3 Å². The third-order valence-corrected chi connectivity index (χ3v) is 3.49. The lowest BCUT2D eigenvalue weighted by Crippen LogP contribution is -2.35. The smallest absolute Gasteiger partial charge is 0.251 e. The van der Waals surface area contributed by atoms with E-state index in [0.717, 1.165) is 0 Å². The van der Waals surface area contributed by atoms with Crippen molar-refractivity contribution in [2.75, 3.05) is 6.61 Å². The highest BCUT2D eigenvalue weighted by Crippen LogP contribution is 2.19. The Labute approximate surface area is 126 Å². The van der Waals surface area contributed by atoms with Crippen LogP contribution in [-0.2, 0) is 0 Å². The highest BCUT2D eigenvalue weighted by molar-refractivity contribution is 5.99. The molecule has 0 aliphatic rings. The first-order chi connectivity index (χ1) is 10.6. The molecule has 1 heterocycles. The van der Waals surface area contributed by atoms with E-state index in [1.165, 1.54) is 6.07 Å². The average molecular weight is 297 g/mol. The summed E-state index contributed by atoms with van der Waals surface area (Å²) in [6.07, 6.45) is 0. The third-order valence-electron chi connectivity index (χ3n) is 3.49.